The molecule has 1 unspecified atom stereocenters. The number of nitrogens with zero attached hydrogens (tertiary/aromatic N) is 2. The second-order valence-electron chi connectivity index (χ2n) is 10.9. The second kappa shape index (κ2) is 13.7. The molecule has 0 saturated carbocycles. The zero-order valence-corrected chi connectivity index (χ0v) is 25.6. The summed E-state index contributed by atoms with van der Waals surface area (Å²) in [7, 11) is -4.15. The molecule has 1 atom stereocenters. The Bertz CT molecular complexity index is 1420. The van der Waals surface area contributed by atoms with E-state index in [1.165, 1.54) is 17.0 Å². The van der Waals surface area contributed by atoms with E-state index in [1.54, 1.807) is 42.5 Å². The fourth-order valence-electron chi connectivity index (χ4n) is 4.47. The molecule has 1 N–H and O–H groups in total. The molecule has 0 radical (unpaired) electrons. The van der Waals surface area contributed by atoms with Crippen LogP contribution in [0.3, 0.4) is 0 Å². The van der Waals surface area contributed by atoms with Crippen LogP contribution in [0.25, 0.3) is 0 Å². The Morgan fingerprint density at radius 3 is 2.07 bits per heavy atom. The second-order valence-corrected chi connectivity index (χ2v) is 12.7. The SMILES string of the molecule is CCOc1ccc(S(=O)(=O)N(CC(=O)N(Cc2ccccc2C)C(CC)C(=O)NC(C)(C)C)c2ccccc2)cc1. The molecular formula is C32H41N3O5S. The molecule has 3 aromatic carbocycles. The van der Waals surface area contributed by atoms with E-state index >= 15 is 0 Å². The Hall–Kier alpha value is -3.85. The minimum Gasteiger partial charge on any atom is -0.494 e. The predicted molar refractivity (Wildman–Crippen MR) is 162 cm³/mol. The zero-order valence-electron chi connectivity index (χ0n) is 24.8. The fraction of sp³-hybridized carbons (Fsp3) is 0.375. The first kappa shape index (κ1) is 31.7. The summed E-state index contributed by atoms with van der Waals surface area (Å²) in [5.41, 5.74) is 1.69. The molecule has 2 amide bonds. The van der Waals surface area contributed by atoms with Gasteiger partial charge in [-0.2, -0.15) is 0 Å². The van der Waals surface area contributed by atoms with Crippen molar-refractivity contribution >= 4 is 27.5 Å². The number of carbonyl (C=O) groups is 2. The molecule has 0 spiro atoms. The van der Waals surface area contributed by atoms with Crippen molar-refractivity contribution < 1.29 is 22.7 Å². The highest BCUT2D eigenvalue weighted by Crippen LogP contribution is 2.26. The van der Waals surface area contributed by atoms with Crippen molar-refractivity contribution in [2.24, 2.45) is 0 Å². The summed E-state index contributed by atoms with van der Waals surface area (Å²) in [5, 5.41) is 2.99. The number of nitrogens with one attached hydrogen (secondary N) is 1. The lowest BCUT2D eigenvalue weighted by molar-refractivity contribution is -0.141. The number of carbonyl (C=O) groups excluding carboxylic acids is 2. The van der Waals surface area contributed by atoms with Gasteiger partial charge in [0.2, 0.25) is 11.8 Å². The van der Waals surface area contributed by atoms with Gasteiger partial charge in [0.15, 0.2) is 0 Å². The summed E-state index contributed by atoms with van der Waals surface area (Å²) >= 11 is 0. The van der Waals surface area contributed by atoms with Crippen LogP contribution >= 0.6 is 0 Å². The molecule has 3 aromatic rings. The number of hydrogen-bond acceptors (Lipinski definition) is 5. The number of ether oxygens (including phenoxy) is 1. The number of hydrogen-bond donors (Lipinski definition) is 1. The van der Waals surface area contributed by atoms with Crippen LogP contribution in [0.15, 0.2) is 83.8 Å². The van der Waals surface area contributed by atoms with Gasteiger partial charge in [0.05, 0.1) is 17.2 Å². The Labute approximate surface area is 244 Å². The van der Waals surface area contributed by atoms with Gasteiger partial charge in [-0.3, -0.25) is 13.9 Å². The average Bonchev–Trinajstić information content (AvgIpc) is 2.92. The molecule has 8 nitrogen and oxygen atoms in total. The summed E-state index contributed by atoms with van der Waals surface area (Å²) in [5.74, 6) is -0.223. The van der Waals surface area contributed by atoms with Crippen LogP contribution in [0.1, 0.15) is 52.2 Å². The lowest BCUT2D eigenvalue weighted by Gasteiger charge is -2.35. The summed E-state index contributed by atoms with van der Waals surface area (Å²) in [4.78, 5) is 29.1. The topological polar surface area (TPSA) is 96.0 Å². The molecule has 0 aliphatic carbocycles. The van der Waals surface area contributed by atoms with Gasteiger partial charge >= 0.3 is 0 Å². The van der Waals surface area contributed by atoms with Gasteiger partial charge in [-0.25, -0.2) is 8.42 Å². The molecule has 0 saturated heterocycles. The monoisotopic (exact) mass is 579 g/mol. The number of rotatable bonds is 12. The average molecular weight is 580 g/mol. The number of aryl methyl sites for hydroxylation is 1. The summed E-state index contributed by atoms with van der Waals surface area (Å²) in [6.07, 6.45) is 0.358. The van der Waals surface area contributed by atoms with Crippen LogP contribution in [-0.4, -0.2) is 49.9 Å². The maximum Gasteiger partial charge on any atom is 0.264 e. The smallest absolute Gasteiger partial charge is 0.264 e. The van der Waals surface area contributed by atoms with Crippen LogP contribution < -0.4 is 14.4 Å². The van der Waals surface area contributed by atoms with Crippen molar-refractivity contribution in [3.05, 3.63) is 90.0 Å². The molecule has 0 heterocycles. The minimum absolute atomic E-state index is 0.0283. The molecule has 0 aromatic heterocycles. The maximum absolute atomic E-state index is 14.2. The van der Waals surface area contributed by atoms with E-state index in [1.807, 2.05) is 65.8 Å². The zero-order chi connectivity index (χ0) is 30.2. The van der Waals surface area contributed by atoms with Gasteiger partial charge in [-0.05, 0) is 88.6 Å². The van der Waals surface area contributed by atoms with Crippen molar-refractivity contribution in [1.29, 1.82) is 0 Å². The summed E-state index contributed by atoms with van der Waals surface area (Å²) in [6.45, 7) is 11.4. The van der Waals surface area contributed by atoms with Crippen LogP contribution in [0, 0.1) is 6.92 Å². The van der Waals surface area contributed by atoms with Gasteiger partial charge in [0.1, 0.15) is 18.3 Å². The van der Waals surface area contributed by atoms with Gasteiger partial charge in [-0.15, -0.1) is 0 Å². The van der Waals surface area contributed by atoms with E-state index in [2.05, 4.69) is 5.32 Å². The lowest BCUT2D eigenvalue weighted by Crippen LogP contribution is -2.55. The third kappa shape index (κ3) is 8.33. The highest BCUT2D eigenvalue weighted by molar-refractivity contribution is 7.92. The number of amides is 2. The highest BCUT2D eigenvalue weighted by atomic mass is 32.2. The first-order chi connectivity index (χ1) is 19.4. The molecule has 220 valence electrons. The van der Waals surface area contributed by atoms with E-state index in [0.717, 1.165) is 15.4 Å². The van der Waals surface area contributed by atoms with Crippen LogP contribution in [0.4, 0.5) is 5.69 Å². The fourth-order valence-corrected chi connectivity index (χ4v) is 5.88. The largest absolute Gasteiger partial charge is 0.494 e. The molecule has 41 heavy (non-hydrogen) atoms. The number of para-hydroxylation sites is 1. The number of anilines is 1. The molecule has 0 aliphatic heterocycles. The first-order valence-corrected chi connectivity index (χ1v) is 15.3. The van der Waals surface area contributed by atoms with E-state index in [-0.39, 0.29) is 17.3 Å². The normalized spacial score (nSPS) is 12.3. The predicted octanol–water partition coefficient (Wildman–Crippen LogP) is 5.31. The molecule has 9 heteroatoms. The van der Waals surface area contributed by atoms with Crippen molar-refractivity contribution in [2.75, 3.05) is 17.5 Å². The molecule has 0 aliphatic rings. The van der Waals surface area contributed by atoms with E-state index < -0.39 is 34.1 Å². The highest BCUT2D eigenvalue weighted by Gasteiger charge is 2.34. The van der Waals surface area contributed by atoms with Gasteiger partial charge in [0, 0.05) is 12.1 Å². The lowest BCUT2D eigenvalue weighted by atomic mass is 10.0. The standard InChI is InChI=1S/C32H41N3O5S/c1-7-29(31(37)33-32(4,5)6)34(22-25-15-13-12-14-24(25)3)30(36)23-35(26-16-10-9-11-17-26)41(38,39)28-20-18-27(19-21-28)40-8-2/h9-21,29H,7-8,22-23H2,1-6H3,(H,33,37). The minimum atomic E-state index is -4.15. The van der Waals surface area contributed by atoms with Crippen molar-refractivity contribution in [3.8, 4) is 5.75 Å². The molecule has 0 bridgehead atoms. The number of sulfonamides is 1. The van der Waals surface area contributed by atoms with E-state index in [9.17, 15) is 18.0 Å². The van der Waals surface area contributed by atoms with Crippen molar-refractivity contribution in [3.63, 3.8) is 0 Å². The Balaban J connectivity index is 2.05. The number of benzene rings is 3. The van der Waals surface area contributed by atoms with Crippen LogP contribution in [0.2, 0.25) is 0 Å². The van der Waals surface area contributed by atoms with Gasteiger partial charge < -0.3 is 15.0 Å². The third-order valence-corrected chi connectivity index (χ3v) is 8.32. The van der Waals surface area contributed by atoms with Gasteiger partial charge in [-0.1, -0.05) is 49.4 Å². The third-order valence-electron chi connectivity index (χ3n) is 6.53. The summed E-state index contributed by atoms with van der Waals surface area (Å²) < 4.78 is 34.5. The van der Waals surface area contributed by atoms with Crippen LogP contribution in [0.5, 0.6) is 5.75 Å². The van der Waals surface area contributed by atoms with E-state index in [0.29, 0.717) is 24.5 Å². The van der Waals surface area contributed by atoms with Gasteiger partial charge in [0.25, 0.3) is 10.0 Å². The quantitative estimate of drug-likeness (QED) is 0.314. The maximum atomic E-state index is 14.2. The van der Waals surface area contributed by atoms with Crippen molar-refractivity contribution in [2.45, 2.75) is 71.0 Å². The van der Waals surface area contributed by atoms with Crippen molar-refractivity contribution in [1.82, 2.24) is 10.2 Å². The Morgan fingerprint density at radius 2 is 1.51 bits per heavy atom. The summed E-state index contributed by atoms with van der Waals surface area (Å²) in [6, 6.07) is 21.5. The molecule has 0 fully saturated rings. The Morgan fingerprint density at radius 1 is 0.902 bits per heavy atom. The first-order valence-electron chi connectivity index (χ1n) is 13.8. The van der Waals surface area contributed by atoms with E-state index in [4.69, 9.17) is 4.74 Å². The Kier molecular flexibility index (Phi) is 10.6. The molecule has 3 rings (SSSR count). The van der Waals surface area contributed by atoms with Crippen LogP contribution in [-0.2, 0) is 26.2 Å². The molecular weight excluding hydrogens is 538 g/mol.